The van der Waals surface area contributed by atoms with Crippen LogP contribution in [0.2, 0.25) is 0 Å². The maximum atomic E-state index is 13.5. The summed E-state index contributed by atoms with van der Waals surface area (Å²) in [4.78, 5) is 22.6. The quantitative estimate of drug-likeness (QED) is 0.381. The van der Waals surface area contributed by atoms with Gasteiger partial charge in [0.05, 0.1) is 22.6 Å². The average molecular weight is 528 g/mol. The Morgan fingerprint density at radius 3 is 3.00 bits per heavy atom. The Morgan fingerprint density at radius 2 is 2.17 bits per heavy atom. The highest BCUT2D eigenvalue weighted by atomic mass is 32.2. The van der Waals surface area contributed by atoms with Gasteiger partial charge in [0, 0.05) is 18.8 Å². The zero-order chi connectivity index (χ0) is 25.3. The van der Waals surface area contributed by atoms with Crippen LogP contribution < -0.4 is 15.8 Å². The molecule has 1 unspecified atom stereocenters. The number of ketones is 1. The third-order valence-corrected chi connectivity index (χ3v) is 8.53. The van der Waals surface area contributed by atoms with Gasteiger partial charge in [0.25, 0.3) is 0 Å². The smallest absolute Gasteiger partial charge is 0.333 e. The van der Waals surface area contributed by atoms with E-state index in [9.17, 15) is 13.2 Å². The first-order chi connectivity index (χ1) is 17.2. The van der Waals surface area contributed by atoms with Crippen molar-refractivity contribution in [3.8, 4) is 0 Å². The van der Waals surface area contributed by atoms with Crippen LogP contribution >= 0.6 is 11.3 Å². The number of benzene rings is 1. The molecule has 0 amide bonds. The summed E-state index contributed by atoms with van der Waals surface area (Å²) < 4.78 is 26.9. The van der Waals surface area contributed by atoms with Crippen LogP contribution in [0.5, 0.6) is 0 Å². The van der Waals surface area contributed by atoms with E-state index in [1.807, 2.05) is 11.4 Å². The van der Waals surface area contributed by atoms with Crippen LogP contribution in [0.1, 0.15) is 58.1 Å². The van der Waals surface area contributed by atoms with Gasteiger partial charge in [-0.1, -0.05) is 24.3 Å². The molecule has 2 aliphatic rings. The third kappa shape index (κ3) is 5.21. The minimum Gasteiger partial charge on any atom is -0.367 e. The molecule has 0 radical (unpaired) electrons. The molecule has 1 aliphatic heterocycles. The molecule has 1 saturated carbocycles. The normalized spacial score (nSPS) is 23.8. The van der Waals surface area contributed by atoms with E-state index in [4.69, 9.17) is 9.32 Å². The van der Waals surface area contributed by atoms with Crippen LogP contribution in [0.3, 0.4) is 0 Å². The van der Waals surface area contributed by atoms with E-state index in [0.29, 0.717) is 22.7 Å². The minimum atomic E-state index is -3.95. The van der Waals surface area contributed by atoms with Crippen molar-refractivity contribution in [3.63, 3.8) is 0 Å². The highest BCUT2D eigenvalue weighted by molar-refractivity contribution is 7.84. The number of carbonyl (C=O) groups excluding carboxylic acids is 1. The van der Waals surface area contributed by atoms with Gasteiger partial charge in [-0.25, -0.2) is 15.1 Å². The van der Waals surface area contributed by atoms with E-state index in [-0.39, 0.29) is 29.9 Å². The first-order valence-electron chi connectivity index (χ1n) is 11.9. The Bertz CT molecular complexity index is 1380. The molecule has 9 nitrogen and oxygen atoms in total. The van der Waals surface area contributed by atoms with Crippen LogP contribution in [0.4, 0.5) is 5.82 Å². The summed E-state index contributed by atoms with van der Waals surface area (Å²) in [5, 5.41) is 14.0. The maximum Gasteiger partial charge on any atom is 0.333 e. The van der Waals surface area contributed by atoms with Gasteiger partial charge in [-0.3, -0.25) is 8.98 Å². The molecule has 0 saturated heterocycles. The molecule has 1 aromatic carbocycles. The summed E-state index contributed by atoms with van der Waals surface area (Å²) >= 11 is 1.42. The van der Waals surface area contributed by atoms with Gasteiger partial charge in [-0.2, -0.15) is 8.42 Å². The molecular weight excluding hydrogens is 498 g/mol. The number of nitrogens with one attached hydrogen (secondary N) is 2. The molecule has 5 rings (SSSR count). The topological polar surface area (TPSA) is 136 Å². The van der Waals surface area contributed by atoms with Gasteiger partial charge in [-0.05, 0) is 66.7 Å². The molecule has 3 heterocycles. The minimum absolute atomic E-state index is 0.0428. The van der Waals surface area contributed by atoms with E-state index in [1.165, 1.54) is 28.8 Å². The Kier molecular flexibility index (Phi) is 6.92. The largest absolute Gasteiger partial charge is 0.367 e. The highest BCUT2D eigenvalue weighted by Crippen LogP contribution is 2.37. The predicted molar refractivity (Wildman–Crippen MR) is 138 cm³/mol. The van der Waals surface area contributed by atoms with Crippen molar-refractivity contribution >= 4 is 33.2 Å². The summed E-state index contributed by atoms with van der Waals surface area (Å²) in [5.41, 5.74) is 3.67. The molecule has 2 aromatic heterocycles. The standard InChI is InChI=1S/C25H29N5O4S2/c1-25(21-5-3-2-4-17(21)8-9-29-25)18-11-22(35-14-18)23(31)20-12-27-15-28-24(20)30-19-7-6-16(10-19)13-34-36(26,32)33/h2-5,11-12,14-16,19,29H,6-10,13H2,1H3,(H2,26,32,33)(H,27,28,30)/t16-,19+,25?/m1/s1. The number of nitrogens with two attached hydrogens (primary N) is 1. The Labute approximate surface area is 214 Å². The van der Waals surface area contributed by atoms with Crippen LogP contribution in [0.25, 0.3) is 0 Å². The van der Waals surface area contributed by atoms with Gasteiger partial charge in [0.1, 0.15) is 12.1 Å². The first kappa shape index (κ1) is 25.0. The number of hydrogen-bond donors (Lipinski definition) is 3. The highest BCUT2D eigenvalue weighted by Gasteiger charge is 2.35. The molecule has 1 aliphatic carbocycles. The average Bonchev–Trinajstić information content (AvgIpc) is 3.53. The summed E-state index contributed by atoms with van der Waals surface area (Å²) in [5.74, 6) is 0.415. The zero-order valence-corrected chi connectivity index (χ0v) is 21.6. The van der Waals surface area contributed by atoms with Crippen molar-refractivity contribution in [2.24, 2.45) is 11.1 Å². The Hall–Kier alpha value is -2.70. The summed E-state index contributed by atoms with van der Waals surface area (Å²) in [6, 6.07) is 10.4. The van der Waals surface area contributed by atoms with Crippen LogP contribution in [-0.2, 0) is 26.4 Å². The fourth-order valence-corrected chi connectivity index (χ4v) is 6.58. The number of fused-ring (bicyclic) bond motifs is 1. The molecule has 0 bridgehead atoms. The molecule has 190 valence electrons. The maximum absolute atomic E-state index is 13.5. The van der Waals surface area contributed by atoms with E-state index in [0.717, 1.165) is 31.4 Å². The van der Waals surface area contributed by atoms with E-state index < -0.39 is 10.3 Å². The molecule has 3 aromatic rings. The molecule has 4 N–H and O–H groups in total. The number of nitrogens with zero attached hydrogens (tertiary/aromatic N) is 2. The fourth-order valence-electron chi connectivity index (χ4n) is 5.23. The lowest BCUT2D eigenvalue weighted by Crippen LogP contribution is -2.45. The van der Waals surface area contributed by atoms with Crippen LogP contribution in [-0.4, -0.2) is 43.4 Å². The van der Waals surface area contributed by atoms with Crippen molar-refractivity contribution in [2.75, 3.05) is 18.5 Å². The number of aromatic nitrogens is 2. The monoisotopic (exact) mass is 527 g/mol. The molecule has 3 atom stereocenters. The van der Waals surface area contributed by atoms with Crippen LogP contribution in [0.15, 0.2) is 48.2 Å². The van der Waals surface area contributed by atoms with Gasteiger partial charge in [0.15, 0.2) is 0 Å². The summed E-state index contributed by atoms with van der Waals surface area (Å²) in [6.07, 6.45) is 6.24. The second-order valence-corrected chi connectivity index (χ2v) is 11.7. The summed E-state index contributed by atoms with van der Waals surface area (Å²) in [6.45, 7) is 3.09. The Morgan fingerprint density at radius 1 is 1.33 bits per heavy atom. The predicted octanol–water partition coefficient (Wildman–Crippen LogP) is 2.98. The SMILES string of the molecule is CC1(c2csc(C(=O)c3cncnc3N[C@H]3CC[C@@H](COS(N)(=O)=O)C3)c2)NCCc2ccccc21. The van der Waals surface area contributed by atoms with Gasteiger partial charge in [0.2, 0.25) is 5.78 Å². The summed E-state index contributed by atoms with van der Waals surface area (Å²) in [7, 11) is -3.95. The van der Waals surface area contributed by atoms with E-state index in [1.54, 1.807) is 6.20 Å². The molecule has 1 fully saturated rings. The number of carbonyl (C=O) groups is 1. The molecule has 36 heavy (non-hydrogen) atoms. The number of thiophene rings is 1. The fraction of sp³-hybridized carbons (Fsp3) is 0.400. The van der Waals surface area contributed by atoms with Gasteiger partial charge in [-0.15, -0.1) is 11.3 Å². The van der Waals surface area contributed by atoms with Gasteiger partial charge < -0.3 is 10.6 Å². The van der Waals surface area contributed by atoms with Crippen molar-refractivity contribution in [1.82, 2.24) is 15.3 Å². The lowest BCUT2D eigenvalue weighted by molar-refractivity contribution is 0.104. The molecule has 11 heteroatoms. The van der Waals surface area contributed by atoms with Crippen molar-refractivity contribution in [3.05, 3.63) is 75.4 Å². The van der Waals surface area contributed by atoms with Gasteiger partial charge >= 0.3 is 10.3 Å². The second-order valence-electron chi connectivity index (χ2n) is 9.57. The number of hydrogen-bond acceptors (Lipinski definition) is 9. The van der Waals surface area contributed by atoms with Crippen molar-refractivity contribution in [2.45, 2.75) is 44.2 Å². The first-order valence-corrected chi connectivity index (χ1v) is 14.3. The van der Waals surface area contributed by atoms with E-state index in [2.05, 4.69) is 51.8 Å². The van der Waals surface area contributed by atoms with Crippen molar-refractivity contribution < 1.29 is 17.4 Å². The molecule has 0 spiro atoms. The molecular formula is C25H29N5O4S2. The lowest BCUT2D eigenvalue weighted by Gasteiger charge is -2.37. The number of rotatable bonds is 8. The zero-order valence-electron chi connectivity index (χ0n) is 19.9. The van der Waals surface area contributed by atoms with Crippen LogP contribution in [0, 0.1) is 5.92 Å². The van der Waals surface area contributed by atoms with E-state index >= 15 is 0 Å². The third-order valence-electron chi connectivity index (χ3n) is 7.14. The Balaban J connectivity index is 1.32. The lowest BCUT2D eigenvalue weighted by atomic mass is 9.80. The van der Waals surface area contributed by atoms with Crippen molar-refractivity contribution in [1.29, 1.82) is 0 Å². The number of anilines is 1. The second kappa shape index (κ2) is 9.98.